The maximum Gasteiger partial charge on any atom is 0.319 e. The van der Waals surface area contributed by atoms with Crippen molar-refractivity contribution in [1.82, 2.24) is 10.6 Å². The van der Waals surface area contributed by atoms with Crippen molar-refractivity contribution in [3.8, 4) is 11.8 Å². The number of nitrogens with one attached hydrogen (secondary N) is 3. The van der Waals surface area contributed by atoms with Gasteiger partial charge in [0, 0.05) is 24.3 Å². The van der Waals surface area contributed by atoms with Crippen molar-refractivity contribution in [2.75, 3.05) is 25.5 Å². The fraction of sp³-hybridized carbons (Fsp3) is 0.167. The molecule has 0 heterocycles. The SMILES string of the molecule is COc1ccc(C(=O)NCCNC(=O)Nc2ccc(C#N)cc2)cc1. The molecule has 0 unspecified atom stereocenters. The zero-order valence-corrected chi connectivity index (χ0v) is 13.7. The van der Waals surface area contributed by atoms with Gasteiger partial charge in [-0.05, 0) is 48.5 Å². The number of hydrogen-bond acceptors (Lipinski definition) is 4. The Hall–Kier alpha value is -3.53. The molecule has 2 aromatic rings. The van der Waals surface area contributed by atoms with Crippen LogP contribution in [0.4, 0.5) is 10.5 Å². The number of anilines is 1. The normalized spacial score (nSPS) is 9.60. The fourth-order valence-electron chi connectivity index (χ4n) is 2.00. The van der Waals surface area contributed by atoms with E-state index in [9.17, 15) is 9.59 Å². The average Bonchev–Trinajstić information content (AvgIpc) is 2.65. The number of methoxy groups -OCH3 is 1. The molecule has 0 aromatic heterocycles. The Morgan fingerprint density at radius 1 is 1.00 bits per heavy atom. The zero-order chi connectivity index (χ0) is 18.1. The van der Waals surface area contributed by atoms with Crippen LogP contribution in [0.25, 0.3) is 0 Å². The molecule has 0 aliphatic heterocycles. The summed E-state index contributed by atoms with van der Waals surface area (Å²) in [6, 6.07) is 14.9. The van der Waals surface area contributed by atoms with Crippen LogP contribution in [0, 0.1) is 11.3 Å². The quantitative estimate of drug-likeness (QED) is 0.702. The van der Waals surface area contributed by atoms with Gasteiger partial charge in [-0.15, -0.1) is 0 Å². The standard InChI is InChI=1S/C18H18N4O3/c1-25-16-8-4-14(5-9-16)17(23)20-10-11-21-18(24)22-15-6-2-13(12-19)3-7-15/h2-9H,10-11H2,1H3,(H,20,23)(H2,21,22,24). The Bertz CT molecular complexity index is 764. The van der Waals surface area contributed by atoms with Gasteiger partial charge in [0.15, 0.2) is 0 Å². The Morgan fingerprint density at radius 3 is 2.24 bits per heavy atom. The van der Waals surface area contributed by atoms with Crippen LogP contribution in [0.5, 0.6) is 5.75 Å². The van der Waals surface area contributed by atoms with E-state index in [1.165, 1.54) is 0 Å². The van der Waals surface area contributed by atoms with Crippen LogP contribution in [0.2, 0.25) is 0 Å². The highest BCUT2D eigenvalue weighted by atomic mass is 16.5. The van der Waals surface area contributed by atoms with Gasteiger partial charge in [0.05, 0.1) is 18.7 Å². The first-order valence-corrected chi connectivity index (χ1v) is 7.59. The summed E-state index contributed by atoms with van der Waals surface area (Å²) < 4.78 is 5.03. The second kappa shape index (κ2) is 8.93. The molecule has 0 aliphatic rings. The predicted octanol–water partition coefficient (Wildman–Crippen LogP) is 2.12. The van der Waals surface area contributed by atoms with E-state index in [0.29, 0.717) is 29.1 Å². The lowest BCUT2D eigenvalue weighted by Gasteiger charge is -2.09. The van der Waals surface area contributed by atoms with Crippen molar-refractivity contribution in [2.45, 2.75) is 0 Å². The summed E-state index contributed by atoms with van der Waals surface area (Å²) in [4.78, 5) is 23.7. The van der Waals surface area contributed by atoms with Gasteiger partial charge < -0.3 is 20.7 Å². The molecule has 7 heteroatoms. The van der Waals surface area contributed by atoms with Crippen LogP contribution in [-0.4, -0.2) is 32.1 Å². The van der Waals surface area contributed by atoms with Gasteiger partial charge >= 0.3 is 6.03 Å². The van der Waals surface area contributed by atoms with Crippen molar-refractivity contribution in [3.63, 3.8) is 0 Å². The minimum absolute atomic E-state index is 0.225. The average molecular weight is 338 g/mol. The Labute approximate surface area is 145 Å². The van der Waals surface area contributed by atoms with Gasteiger partial charge in [0.2, 0.25) is 0 Å². The molecule has 0 saturated carbocycles. The third-order valence-corrected chi connectivity index (χ3v) is 3.32. The highest BCUT2D eigenvalue weighted by molar-refractivity contribution is 5.94. The molecule has 0 fully saturated rings. The summed E-state index contributed by atoms with van der Waals surface area (Å²) in [5, 5.41) is 16.7. The monoisotopic (exact) mass is 338 g/mol. The molecule has 3 N–H and O–H groups in total. The molecule has 0 spiro atoms. The van der Waals surface area contributed by atoms with Crippen molar-refractivity contribution in [3.05, 3.63) is 59.7 Å². The largest absolute Gasteiger partial charge is 0.497 e. The summed E-state index contributed by atoms with van der Waals surface area (Å²) in [6.07, 6.45) is 0. The summed E-state index contributed by atoms with van der Waals surface area (Å²) >= 11 is 0. The first-order valence-electron chi connectivity index (χ1n) is 7.59. The molecular weight excluding hydrogens is 320 g/mol. The van der Waals surface area contributed by atoms with E-state index in [0.717, 1.165) is 0 Å². The van der Waals surface area contributed by atoms with Gasteiger partial charge in [-0.2, -0.15) is 5.26 Å². The van der Waals surface area contributed by atoms with Gasteiger partial charge in [-0.1, -0.05) is 0 Å². The molecule has 0 bridgehead atoms. The number of carbonyl (C=O) groups excluding carboxylic acids is 2. The minimum atomic E-state index is -0.386. The maximum absolute atomic E-state index is 11.9. The number of benzene rings is 2. The number of urea groups is 1. The molecule has 7 nitrogen and oxygen atoms in total. The molecule has 0 radical (unpaired) electrons. The highest BCUT2D eigenvalue weighted by Gasteiger charge is 2.05. The predicted molar refractivity (Wildman–Crippen MR) is 93.5 cm³/mol. The van der Waals surface area contributed by atoms with Crippen molar-refractivity contribution in [2.24, 2.45) is 0 Å². The van der Waals surface area contributed by atoms with E-state index in [2.05, 4.69) is 16.0 Å². The van der Waals surface area contributed by atoms with E-state index in [1.54, 1.807) is 55.6 Å². The van der Waals surface area contributed by atoms with E-state index in [1.807, 2.05) is 6.07 Å². The van der Waals surface area contributed by atoms with Crippen LogP contribution in [0.15, 0.2) is 48.5 Å². The Kier molecular flexibility index (Phi) is 6.37. The summed E-state index contributed by atoms with van der Waals surface area (Å²) in [6.45, 7) is 0.579. The van der Waals surface area contributed by atoms with E-state index < -0.39 is 0 Å². The fourth-order valence-corrected chi connectivity index (χ4v) is 2.00. The summed E-state index contributed by atoms with van der Waals surface area (Å²) in [5.74, 6) is 0.453. The Morgan fingerprint density at radius 2 is 1.64 bits per heavy atom. The van der Waals surface area contributed by atoms with Crippen molar-refractivity contribution < 1.29 is 14.3 Å². The number of nitriles is 1. The number of hydrogen-bond donors (Lipinski definition) is 3. The zero-order valence-electron chi connectivity index (χ0n) is 13.7. The lowest BCUT2D eigenvalue weighted by atomic mass is 10.2. The first-order chi connectivity index (χ1) is 12.1. The van der Waals surface area contributed by atoms with Gasteiger partial charge in [-0.3, -0.25) is 4.79 Å². The second-order valence-electron chi connectivity index (χ2n) is 5.05. The molecule has 2 rings (SSSR count). The third kappa shape index (κ3) is 5.55. The minimum Gasteiger partial charge on any atom is -0.497 e. The van der Waals surface area contributed by atoms with Crippen LogP contribution >= 0.6 is 0 Å². The smallest absolute Gasteiger partial charge is 0.319 e. The highest BCUT2D eigenvalue weighted by Crippen LogP contribution is 2.11. The van der Waals surface area contributed by atoms with E-state index >= 15 is 0 Å². The summed E-state index contributed by atoms with van der Waals surface area (Å²) in [7, 11) is 1.56. The van der Waals surface area contributed by atoms with E-state index in [-0.39, 0.29) is 18.5 Å². The number of carbonyl (C=O) groups is 2. The lowest BCUT2D eigenvalue weighted by molar-refractivity contribution is 0.0954. The lowest BCUT2D eigenvalue weighted by Crippen LogP contribution is -2.36. The topological polar surface area (TPSA) is 103 Å². The first kappa shape index (κ1) is 17.8. The van der Waals surface area contributed by atoms with Crippen LogP contribution in [0.3, 0.4) is 0 Å². The molecular formula is C18H18N4O3. The van der Waals surface area contributed by atoms with E-state index in [4.69, 9.17) is 10.00 Å². The second-order valence-corrected chi connectivity index (χ2v) is 5.05. The van der Waals surface area contributed by atoms with Crippen LogP contribution < -0.4 is 20.7 Å². The third-order valence-electron chi connectivity index (χ3n) is 3.32. The van der Waals surface area contributed by atoms with Gasteiger partial charge in [-0.25, -0.2) is 4.79 Å². The molecule has 0 saturated heterocycles. The number of nitrogens with zero attached hydrogens (tertiary/aromatic N) is 1. The van der Waals surface area contributed by atoms with Crippen LogP contribution in [0.1, 0.15) is 15.9 Å². The number of ether oxygens (including phenoxy) is 1. The summed E-state index contributed by atoms with van der Waals surface area (Å²) in [5.41, 5.74) is 1.62. The molecule has 2 aromatic carbocycles. The molecule has 3 amide bonds. The molecule has 25 heavy (non-hydrogen) atoms. The number of amides is 3. The van der Waals surface area contributed by atoms with Gasteiger partial charge in [0.25, 0.3) is 5.91 Å². The van der Waals surface area contributed by atoms with Crippen molar-refractivity contribution in [1.29, 1.82) is 5.26 Å². The maximum atomic E-state index is 11.9. The van der Waals surface area contributed by atoms with Gasteiger partial charge in [0.1, 0.15) is 5.75 Å². The van der Waals surface area contributed by atoms with Crippen molar-refractivity contribution >= 4 is 17.6 Å². The molecule has 128 valence electrons. The molecule has 0 atom stereocenters. The Balaban J connectivity index is 1.69. The van der Waals surface area contributed by atoms with Crippen LogP contribution in [-0.2, 0) is 0 Å². The number of rotatable bonds is 6. The molecule has 0 aliphatic carbocycles.